The zero-order valence-electron chi connectivity index (χ0n) is 10.1. The lowest BCUT2D eigenvalue weighted by atomic mass is 10.2. The fourth-order valence-corrected chi connectivity index (χ4v) is 3.21. The number of carbonyl (C=O) groups is 1. The molecule has 0 bridgehead atoms. The Morgan fingerprint density at radius 1 is 1.47 bits per heavy atom. The summed E-state index contributed by atoms with van der Waals surface area (Å²) in [6.07, 6.45) is 0. The van der Waals surface area contributed by atoms with Crippen LogP contribution in [0.4, 0.5) is 5.69 Å². The fraction of sp³-hybridized carbons (Fsp3) is 0.364. The van der Waals surface area contributed by atoms with E-state index in [0.29, 0.717) is 11.4 Å². The second kappa shape index (κ2) is 5.91. The molecule has 0 radical (unpaired) electrons. The monoisotopic (exact) mass is 301 g/mol. The maximum atomic E-state index is 12.0. The first-order chi connectivity index (χ1) is 8.97. The number of primary sulfonamides is 1. The van der Waals surface area contributed by atoms with Gasteiger partial charge < -0.3 is 10.6 Å². The molecular weight excluding hydrogens is 286 g/mol. The summed E-state index contributed by atoms with van der Waals surface area (Å²) in [4.78, 5) is 11.9. The second-order valence-electron chi connectivity index (χ2n) is 4.14. The van der Waals surface area contributed by atoms with Crippen molar-refractivity contribution in [3.05, 3.63) is 24.3 Å². The first-order valence-electron chi connectivity index (χ1n) is 5.72. The van der Waals surface area contributed by atoms with E-state index < -0.39 is 10.0 Å². The van der Waals surface area contributed by atoms with Crippen LogP contribution in [0.25, 0.3) is 0 Å². The highest BCUT2D eigenvalue weighted by Gasteiger charge is 2.21. The highest BCUT2D eigenvalue weighted by molar-refractivity contribution is 7.99. The number of hydrogen-bond acceptors (Lipinski definition) is 5. The van der Waals surface area contributed by atoms with Crippen LogP contribution in [-0.4, -0.2) is 38.4 Å². The average molecular weight is 301 g/mol. The number of carbonyl (C=O) groups excluding carboxylic acids is 1. The smallest absolute Gasteiger partial charge is 0.242 e. The Hall–Kier alpha value is -1.09. The largest absolute Gasteiger partial charge is 0.325 e. The van der Waals surface area contributed by atoms with E-state index in [0.717, 1.165) is 12.3 Å². The molecule has 1 unspecified atom stereocenters. The number of thioether (sulfide) groups is 1. The van der Waals surface area contributed by atoms with Gasteiger partial charge in [0, 0.05) is 23.7 Å². The van der Waals surface area contributed by atoms with Gasteiger partial charge in [-0.3, -0.25) is 4.79 Å². The van der Waals surface area contributed by atoms with E-state index in [1.807, 2.05) is 0 Å². The Kier molecular flexibility index (Phi) is 4.46. The van der Waals surface area contributed by atoms with Crippen molar-refractivity contribution in [3.8, 4) is 0 Å². The standard InChI is InChI=1S/C11H15N3O3S2/c12-19(16,17)9-3-1-2-8(6-9)14-11(15)10-7-18-5-4-13-10/h1-3,6,10,13H,4-5,7H2,(H,14,15)(H2,12,16,17). The summed E-state index contributed by atoms with van der Waals surface area (Å²) >= 11 is 1.71. The summed E-state index contributed by atoms with van der Waals surface area (Å²) in [6, 6.07) is 5.65. The molecule has 104 valence electrons. The van der Waals surface area contributed by atoms with Crippen molar-refractivity contribution in [2.75, 3.05) is 23.4 Å². The normalized spacial score (nSPS) is 19.9. The van der Waals surface area contributed by atoms with Crippen LogP contribution in [-0.2, 0) is 14.8 Å². The molecule has 1 aromatic rings. The van der Waals surface area contributed by atoms with Crippen LogP contribution in [0.5, 0.6) is 0 Å². The molecule has 1 amide bonds. The van der Waals surface area contributed by atoms with E-state index in [1.54, 1.807) is 23.9 Å². The van der Waals surface area contributed by atoms with Gasteiger partial charge in [0.2, 0.25) is 15.9 Å². The number of anilines is 1. The predicted octanol–water partition coefficient (Wildman–Crippen LogP) is -0.0225. The predicted molar refractivity (Wildman–Crippen MR) is 75.6 cm³/mol. The first-order valence-corrected chi connectivity index (χ1v) is 8.42. The van der Waals surface area contributed by atoms with E-state index in [9.17, 15) is 13.2 Å². The maximum absolute atomic E-state index is 12.0. The fourth-order valence-electron chi connectivity index (χ4n) is 1.71. The Morgan fingerprint density at radius 2 is 2.26 bits per heavy atom. The van der Waals surface area contributed by atoms with Crippen LogP contribution in [0, 0.1) is 0 Å². The molecular formula is C11H15N3O3S2. The number of nitrogens with two attached hydrogens (primary N) is 1. The van der Waals surface area contributed by atoms with Gasteiger partial charge in [-0.2, -0.15) is 11.8 Å². The van der Waals surface area contributed by atoms with Crippen LogP contribution in [0.3, 0.4) is 0 Å². The molecule has 1 aliphatic rings. The number of nitrogens with one attached hydrogen (secondary N) is 2. The Balaban J connectivity index is 2.08. The van der Waals surface area contributed by atoms with Crippen molar-refractivity contribution in [1.29, 1.82) is 0 Å². The van der Waals surface area contributed by atoms with Crippen molar-refractivity contribution in [3.63, 3.8) is 0 Å². The van der Waals surface area contributed by atoms with Gasteiger partial charge in [-0.05, 0) is 18.2 Å². The third-order valence-electron chi connectivity index (χ3n) is 2.67. The lowest BCUT2D eigenvalue weighted by Crippen LogP contribution is -2.46. The first kappa shape index (κ1) is 14.3. The Bertz CT molecular complexity index is 568. The van der Waals surface area contributed by atoms with Crippen molar-refractivity contribution in [2.24, 2.45) is 5.14 Å². The summed E-state index contributed by atoms with van der Waals surface area (Å²) in [5.41, 5.74) is 0.425. The minimum atomic E-state index is -3.76. The van der Waals surface area contributed by atoms with Gasteiger partial charge in [0.25, 0.3) is 0 Å². The molecule has 1 aromatic carbocycles. The summed E-state index contributed by atoms with van der Waals surface area (Å²) in [7, 11) is -3.76. The molecule has 0 saturated carbocycles. The SMILES string of the molecule is NS(=O)(=O)c1cccc(NC(=O)C2CSCCN2)c1. The maximum Gasteiger partial charge on any atom is 0.242 e. The Labute approximate surface area is 116 Å². The number of hydrogen-bond donors (Lipinski definition) is 3. The molecule has 1 fully saturated rings. The molecule has 1 aliphatic heterocycles. The van der Waals surface area contributed by atoms with Crippen LogP contribution in [0.1, 0.15) is 0 Å². The second-order valence-corrected chi connectivity index (χ2v) is 6.85. The van der Waals surface area contributed by atoms with Crippen molar-refractivity contribution in [2.45, 2.75) is 10.9 Å². The van der Waals surface area contributed by atoms with Gasteiger partial charge in [-0.25, -0.2) is 13.6 Å². The number of rotatable bonds is 3. The summed E-state index contributed by atoms with van der Waals surface area (Å²) in [5.74, 6) is 1.53. The summed E-state index contributed by atoms with van der Waals surface area (Å²) < 4.78 is 22.4. The molecule has 1 saturated heterocycles. The Morgan fingerprint density at radius 3 is 2.89 bits per heavy atom. The van der Waals surface area contributed by atoms with Crippen molar-refractivity contribution < 1.29 is 13.2 Å². The quantitative estimate of drug-likeness (QED) is 0.728. The highest BCUT2D eigenvalue weighted by Crippen LogP contribution is 2.15. The molecule has 19 heavy (non-hydrogen) atoms. The zero-order chi connectivity index (χ0) is 13.9. The van der Waals surface area contributed by atoms with Crippen LogP contribution in [0.2, 0.25) is 0 Å². The zero-order valence-corrected chi connectivity index (χ0v) is 11.8. The third-order valence-corrected chi connectivity index (χ3v) is 4.64. The van der Waals surface area contributed by atoms with Crippen molar-refractivity contribution in [1.82, 2.24) is 5.32 Å². The number of benzene rings is 1. The van der Waals surface area contributed by atoms with E-state index >= 15 is 0 Å². The van der Waals surface area contributed by atoms with Gasteiger partial charge in [-0.15, -0.1) is 0 Å². The summed E-state index contributed by atoms with van der Waals surface area (Å²) in [6.45, 7) is 0.792. The van der Waals surface area contributed by atoms with Gasteiger partial charge >= 0.3 is 0 Å². The minimum Gasteiger partial charge on any atom is -0.325 e. The molecule has 1 heterocycles. The average Bonchev–Trinajstić information content (AvgIpc) is 2.39. The molecule has 6 nitrogen and oxygen atoms in total. The molecule has 0 spiro atoms. The molecule has 4 N–H and O–H groups in total. The lowest BCUT2D eigenvalue weighted by Gasteiger charge is -2.22. The lowest BCUT2D eigenvalue weighted by molar-refractivity contribution is -0.117. The molecule has 0 aliphatic carbocycles. The van der Waals surface area contributed by atoms with Gasteiger partial charge in [-0.1, -0.05) is 6.07 Å². The number of amides is 1. The van der Waals surface area contributed by atoms with E-state index in [4.69, 9.17) is 5.14 Å². The number of sulfonamides is 1. The molecule has 1 atom stereocenters. The van der Waals surface area contributed by atoms with Crippen LogP contribution >= 0.6 is 11.8 Å². The molecule has 8 heteroatoms. The van der Waals surface area contributed by atoms with Gasteiger partial charge in [0.15, 0.2) is 0 Å². The van der Waals surface area contributed by atoms with E-state index in [1.165, 1.54) is 12.1 Å². The summed E-state index contributed by atoms with van der Waals surface area (Å²) in [5, 5.41) is 10.8. The topological polar surface area (TPSA) is 101 Å². The molecule has 0 aromatic heterocycles. The van der Waals surface area contributed by atoms with Crippen molar-refractivity contribution >= 4 is 33.4 Å². The van der Waals surface area contributed by atoms with Gasteiger partial charge in [0.1, 0.15) is 0 Å². The third kappa shape index (κ3) is 3.93. The van der Waals surface area contributed by atoms with E-state index in [2.05, 4.69) is 10.6 Å². The highest BCUT2D eigenvalue weighted by atomic mass is 32.2. The van der Waals surface area contributed by atoms with Crippen LogP contribution < -0.4 is 15.8 Å². The van der Waals surface area contributed by atoms with Crippen LogP contribution in [0.15, 0.2) is 29.2 Å². The van der Waals surface area contributed by atoms with Gasteiger partial charge in [0.05, 0.1) is 10.9 Å². The van der Waals surface area contributed by atoms with E-state index in [-0.39, 0.29) is 16.8 Å². The molecule has 2 rings (SSSR count). The minimum absolute atomic E-state index is 0.0173.